The molecule has 0 saturated carbocycles. The summed E-state index contributed by atoms with van der Waals surface area (Å²) in [7, 11) is 0. The van der Waals surface area contributed by atoms with Gasteiger partial charge in [0.2, 0.25) is 0 Å². The van der Waals surface area contributed by atoms with Crippen LogP contribution in [0.25, 0.3) is 0 Å². The Balaban J connectivity index is 1.59. The Morgan fingerprint density at radius 1 is 1.09 bits per heavy atom. The summed E-state index contributed by atoms with van der Waals surface area (Å²) in [6, 6.07) is 7.18. The monoisotopic (exact) mass is 469 g/mol. The predicted molar refractivity (Wildman–Crippen MR) is 126 cm³/mol. The highest BCUT2D eigenvalue weighted by atomic mass is 35.5. The Morgan fingerprint density at radius 3 is 2.62 bits per heavy atom. The van der Waals surface area contributed by atoms with E-state index in [1.165, 1.54) is 11.8 Å². The van der Waals surface area contributed by atoms with Crippen LogP contribution >= 0.6 is 23.4 Å². The van der Waals surface area contributed by atoms with Crippen molar-refractivity contribution >= 4 is 35.0 Å². The fourth-order valence-corrected chi connectivity index (χ4v) is 6.06. The van der Waals surface area contributed by atoms with E-state index in [0.29, 0.717) is 20.6 Å². The molecular weight excluding hydrogens is 446 g/mol. The van der Waals surface area contributed by atoms with Gasteiger partial charge in [-0.2, -0.15) is 0 Å². The van der Waals surface area contributed by atoms with Crippen molar-refractivity contribution in [3.05, 3.63) is 58.5 Å². The Kier molecular flexibility index (Phi) is 5.16. The zero-order chi connectivity index (χ0) is 22.5. The molecule has 0 unspecified atom stereocenters. The molecule has 0 amide bonds. The number of phenols is 1. The Labute approximate surface area is 195 Å². The zero-order valence-electron chi connectivity index (χ0n) is 17.3. The fourth-order valence-electron chi connectivity index (χ4n) is 5.05. The number of anilines is 2. The van der Waals surface area contributed by atoms with Crippen molar-refractivity contribution in [2.75, 3.05) is 24.6 Å². The average molecular weight is 470 g/mol. The van der Waals surface area contributed by atoms with E-state index in [1.54, 1.807) is 30.6 Å². The first-order chi connectivity index (χ1) is 15.3. The number of phenolic OH excluding ortho intramolecular Hbond substituents is 1. The van der Waals surface area contributed by atoms with E-state index in [1.807, 2.05) is 6.07 Å². The molecule has 8 N–H and O–H groups in total. The SMILES string of the molecule is Nc1nc([C@@]2(N)c3cc(O)ccc3CC23CCNCC3)cnc1Sc1ccnc(N)c1Cl. The van der Waals surface area contributed by atoms with E-state index >= 15 is 0 Å². The van der Waals surface area contributed by atoms with Gasteiger partial charge in [-0.05, 0) is 61.7 Å². The number of nitrogens with two attached hydrogens (primary N) is 3. The van der Waals surface area contributed by atoms with Crippen molar-refractivity contribution in [2.24, 2.45) is 11.1 Å². The van der Waals surface area contributed by atoms with Crippen LogP contribution in [0.15, 0.2) is 46.6 Å². The molecule has 2 aromatic heterocycles. The maximum atomic E-state index is 10.2. The Hall–Kier alpha value is -2.59. The smallest absolute Gasteiger partial charge is 0.156 e. The molecule has 5 rings (SSSR count). The molecule has 0 bridgehead atoms. The van der Waals surface area contributed by atoms with Gasteiger partial charge >= 0.3 is 0 Å². The largest absolute Gasteiger partial charge is 0.508 e. The number of nitrogens with one attached hydrogen (secondary N) is 1. The van der Waals surface area contributed by atoms with Crippen molar-refractivity contribution in [1.29, 1.82) is 0 Å². The van der Waals surface area contributed by atoms with Crippen LogP contribution in [0.1, 0.15) is 29.7 Å². The number of aromatic nitrogens is 3. The fraction of sp³-hybridized carbons (Fsp3) is 0.318. The van der Waals surface area contributed by atoms with E-state index in [2.05, 4.69) is 15.3 Å². The Bertz CT molecular complexity index is 1200. The highest BCUT2D eigenvalue weighted by Crippen LogP contribution is 2.57. The number of hydrogen-bond donors (Lipinski definition) is 5. The number of rotatable bonds is 3. The number of piperidine rings is 1. The standard InChI is InChI=1S/C22H24ClN7OS/c23-17-15(3-6-28-18(17)24)32-20-19(25)30-16(11-29-20)22(26)14-9-13(31)2-1-12(14)10-21(22)4-7-27-8-5-21/h1-3,6,9,11,27,31H,4-5,7-8,10,26H2,(H2,24,28)(H2,25,30)/t22-/m0/s1. The minimum atomic E-state index is -0.910. The number of benzene rings is 1. The van der Waals surface area contributed by atoms with Crippen molar-refractivity contribution in [2.45, 2.75) is 34.7 Å². The van der Waals surface area contributed by atoms with Gasteiger partial charge in [0.05, 0.1) is 22.5 Å². The number of nitrogens with zero attached hydrogens (tertiary/aromatic N) is 3. The molecular formula is C22H24ClN7OS. The molecule has 1 saturated heterocycles. The minimum absolute atomic E-state index is 0.183. The van der Waals surface area contributed by atoms with Gasteiger partial charge in [-0.1, -0.05) is 29.4 Å². The molecule has 10 heteroatoms. The van der Waals surface area contributed by atoms with E-state index in [-0.39, 0.29) is 22.8 Å². The first-order valence-corrected chi connectivity index (χ1v) is 11.6. The third-order valence-corrected chi connectivity index (χ3v) is 8.28. The van der Waals surface area contributed by atoms with Crippen LogP contribution in [-0.4, -0.2) is 33.1 Å². The van der Waals surface area contributed by atoms with Crippen molar-refractivity contribution in [3.8, 4) is 5.75 Å². The van der Waals surface area contributed by atoms with Crippen LogP contribution in [0.5, 0.6) is 5.75 Å². The van der Waals surface area contributed by atoms with Crippen LogP contribution in [0, 0.1) is 5.41 Å². The normalized spacial score (nSPS) is 21.6. The predicted octanol–water partition coefficient (Wildman–Crippen LogP) is 2.67. The second kappa shape index (κ2) is 7.77. The third kappa shape index (κ3) is 3.19. The molecule has 1 spiro atoms. The first-order valence-electron chi connectivity index (χ1n) is 10.4. The summed E-state index contributed by atoms with van der Waals surface area (Å²) in [4.78, 5) is 14.0. The van der Waals surface area contributed by atoms with Gasteiger partial charge in [0.15, 0.2) is 5.82 Å². The van der Waals surface area contributed by atoms with E-state index in [9.17, 15) is 5.11 Å². The molecule has 1 atom stereocenters. The summed E-state index contributed by atoms with van der Waals surface area (Å²) in [6.45, 7) is 1.75. The highest BCUT2D eigenvalue weighted by Gasteiger charge is 2.57. The lowest BCUT2D eigenvalue weighted by atomic mass is 9.63. The van der Waals surface area contributed by atoms with Gasteiger partial charge in [0.1, 0.15) is 16.6 Å². The average Bonchev–Trinajstić information content (AvgIpc) is 3.01. The van der Waals surface area contributed by atoms with Crippen LogP contribution in [0.4, 0.5) is 11.6 Å². The lowest BCUT2D eigenvalue weighted by Gasteiger charge is -2.46. The van der Waals surface area contributed by atoms with E-state index in [4.69, 9.17) is 33.8 Å². The van der Waals surface area contributed by atoms with Crippen LogP contribution in [0.3, 0.4) is 0 Å². The van der Waals surface area contributed by atoms with Gasteiger partial charge in [-0.15, -0.1) is 0 Å². The molecule has 2 aliphatic rings. The van der Waals surface area contributed by atoms with Gasteiger partial charge in [0.25, 0.3) is 0 Å². The number of nitrogen functional groups attached to an aromatic ring is 2. The lowest BCUT2D eigenvalue weighted by molar-refractivity contribution is 0.117. The molecule has 3 aromatic rings. The summed E-state index contributed by atoms with van der Waals surface area (Å²) < 4.78 is 0. The van der Waals surface area contributed by atoms with Crippen molar-refractivity contribution in [1.82, 2.24) is 20.3 Å². The molecule has 3 heterocycles. The van der Waals surface area contributed by atoms with Gasteiger partial charge in [-0.25, -0.2) is 15.0 Å². The number of aromatic hydroxyl groups is 1. The maximum absolute atomic E-state index is 10.2. The second-order valence-corrected chi connectivity index (χ2v) is 9.82. The number of pyridine rings is 1. The zero-order valence-corrected chi connectivity index (χ0v) is 18.9. The van der Waals surface area contributed by atoms with Crippen LogP contribution in [-0.2, 0) is 12.0 Å². The summed E-state index contributed by atoms with van der Waals surface area (Å²) in [5.41, 5.74) is 20.9. The highest BCUT2D eigenvalue weighted by molar-refractivity contribution is 7.99. The molecule has 166 valence electrons. The van der Waals surface area contributed by atoms with E-state index < -0.39 is 5.54 Å². The lowest BCUT2D eigenvalue weighted by Crippen LogP contribution is -2.55. The number of hydrogen-bond acceptors (Lipinski definition) is 9. The summed E-state index contributed by atoms with van der Waals surface area (Å²) in [6.07, 6.45) is 5.88. The molecule has 1 aromatic carbocycles. The minimum Gasteiger partial charge on any atom is -0.508 e. The molecule has 1 fully saturated rings. The van der Waals surface area contributed by atoms with Crippen molar-refractivity contribution in [3.63, 3.8) is 0 Å². The van der Waals surface area contributed by atoms with Crippen LogP contribution in [0.2, 0.25) is 5.02 Å². The summed E-state index contributed by atoms with van der Waals surface area (Å²) in [5, 5.41) is 14.5. The number of fused-ring (bicyclic) bond motifs is 1. The molecule has 1 aliphatic heterocycles. The first kappa shape index (κ1) is 21.3. The van der Waals surface area contributed by atoms with E-state index in [0.717, 1.165) is 43.5 Å². The molecule has 1 aliphatic carbocycles. The van der Waals surface area contributed by atoms with Gasteiger partial charge in [0, 0.05) is 16.5 Å². The summed E-state index contributed by atoms with van der Waals surface area (Å²) in [5.74, 6) is 0.694. The molecule has 8 nitrogen and oxygen atoms in total. The quantitative estimate of drug-likeness (QED) is 0.390. The summed E-state index contributed by atoms with van der Waals surface area (Å²) >= 11 is 7.55. The topological polar surface area (TPSA) is 149 Å². The van der Waals surface area contributed by atoms with Crippen molar-refractivity contribution < 1.29 is 5.11 Å². The number of halogens is 1. The van der Waals surface area contributed by atoms with Gasteiger partial charge < -0.3 is 27.6 Å². The van der Waals surface area contributed by atoms with Crippen LogP contribution < -0.4 is 22.5 Å². The Morgan fingerprint density at radius 2 is 1.88 bits per heavy atom. The third-order valence-electron chi connectivity index (χ3n) is 6.70. The second-order valence-electron chi connectivity index (χ2n) is 8.41. The van der Waals surface area contributed by atoms with Gasteiger partial charge in [-0.3, -0.25) is 0 Å². The molecule has 0 radical (unpaired) electrons. The maximum Gasteiger partial charge on any atom is 0.156 e. The molecule has 32 heavy (non-hydrogen) atoms.